The molecule has 0 radical (unpaired) electrons. The highest BCUT2D eigenvalue weighted by molar-refractivity contribution is 5.81. The van der Waals surface area contributed by atoms with E-state index < -0.39 is 0 Å². The van der Waals surface area contributed by atoms with Crippen molar-refractivity contribution in [1.29, 1.82) is 5.26 Å². The van der Waals surface area contributed by atoms with Gasteiger partial charge in [-0.2, -0.15) is 5.26 Å². The molecular formula is C13H18N4O. The molecule has 0 atom stereocenters. The Labute approximate surface area is 108 Å². The molecule has 0 spiro atoms. The van der Waals surface area contributed by atoms with Crippen molar-refractivity contribution in [2.24, 2.45) is 0 Å². The van der Waals surface area contributed by atoms with Crippen molar-refractivity contribution in [3.05, 3.63) is 22.9 Å². The molecule has 0 unspecified atom stereocenters. The largest absolute Gasteiger partial charge is 0.349 e. The van der Waals surface area contributed by atoms with E-state index in [1.54, 1.807) is 26.0 Å². The van der Waals surface area contributed by atoms with Gasteiger partial charge in [-0.25, -0.2) is 4.98 Å². The van der Waals surface area contributed by atoms with Crippen molar-refractivity contribution in [1.82, 2.24) is 9.88 Å². The van der Waals surface area contributed by atoms with Crippen molar-refractivity contribution >= 4 is 11.7 Å². The van der Waals surface area contributed by atoms with Crippen LogP contribution >= 0.6 is 0 Å². The zero-order valence-corrected chi connectivity index (χ0v) is 11.5. The van der Waals surface area contributed by atoms with E-state index in [1.807, 2.05) is 19.9 Å². The van der Waals surface area contributed by atoms with Gasteiger partial charge >= 0.3 is 0 Å². The molecule has 5 heteroatoms. The van der Waals surface area contributed by atoms with E-state index in [0.717, 1.165) is 11.3 Å². The molecule has 0 bridgehead atoms. The molecule has 1 rings (SSSR count). The maximum Gasteiger partial charge on any atom is 0.241 e. The van der Waals surface area contributed by atoms with Gasteiger partial charge in [0.25, 0.3) is 0 Å². The third-order valence-corrected chi connectivity index (χ3v) is 2.67. The van der Waals surface area contributed by atoms with Gasteiger partial charge in [0.1, 0.15) is 11.9 Å². The predicted molar refractivity (Wildman–Crippen MR) is 70.4 cm³/mol. The fourth-order valence-electron chi connectivity index (χ4n) is 1.65. The van der Waals surface area contributed by atoms with Crippen molar-refractivity contribution < 1.29 is 4.79 Å². The highest BCUT2D eigenvalue weighted by Gasteiger charge is 2.16. The number of hydrogen-bond donors (Lipinski definition) is 0. The van der Waals surface area contributed by atoms with Crippen LogP contribution in [-0.2, 0) is 4.79 Å². The van der Waals surface area contributed by atoms with Crippen LogP contribution in [0.4, 0.5) is 5.82 Å². The quantitative estimate of drug-likeness (QED) is 0.801. The van der Waals surface area contributed by atoms with E-state index in [0.29, 0.717) is 11.4 Å². The predicted octanol–water partition coefficient (Wildman–Crippen LogP) is 1.09. The number of pyridine rings is 1. The number of carbonyl (C=O) groups is 1. The summed E-state index contributed by atoms with van der Waals surface area (Å²) in [4.78, 5) is 19.2. The van der Waals surface area contributed by atoms with Crippen LogP contribution in [-0.4, -0.2) is 43.5 Å². The molecular weight excluding hydrogens is 228 g/mol. The second-order valence-corrected chi connectivity index (χ2v) is 4.54. The maximum absolute atomic E-state index is 11.7. The zero-order valence-electron chi connectivity index (χ0n) is 11.5. The molecule has 0 N–H and O–H groups in total. The number of carbonyl (C=O) groups excluding carboxylic acids is 1. The highest BCUT2D eigenvalue weighted by Crippen LogP contribution is 2.20. The zero-order chi connectivity index (χ0) is 13.9. The third-order valence-electron chi connectivity index (χ3n) is 2.67. The summed E-state index contributed by atoms with van der Waals surface area (Å²) in [6, 6.07) is 4.01. The number of amides is 1. The standard InChI is InChI=1S/C13H18N4O/c1-9-6-10(2)15-13(11(9)7-14)17(5)8-12(18)16(3)4/h6H,8H2,1-5H3. The van der Waals surface area contributed by atoms with Crippen molar-refractivity contribution in [3.8, 4) is 6.07 Å². The average Bonchev–Trinajstić information content (AvgIpc) is 2.27. The Hall–Kier alpha value is -2.09. The first-order valence-electron chi connectivity index (χ1n) is 5.66. The van der Waals surface area contributed by atoms with E-state index in [1.165, 1.54) is 4.90 Å². The van der Waals surface area contributed by atoms with Gasteiger partial charge in [-0.05, 0) is 25.5 Å². The van der Waals surface area contributed by atoms with Crippen LogP contribution in [0.3, 0.4) is 0 Å². The van der Waals surface area contributed by atoms with Crippen molar-refractivity contribution in [2.75, 3.05) is 32.6 Å². The van der Waals surface area contributed by atoms with Crippen LogP contribution in [0.1, 0.15) is 16.8 Å². The fourth-order valence-corrected chi connectivity index (χ4v) is 1.65. The van der Waals surface area contributed by atoms with Crippen LogP contribution in [0.5, 0.6) is 0 Å². The lowest BCUT2D eigenvalue weighted by Crippen LogP contribution is -2.35. The van der Waals surface area contributed by atoms with E-state index in [2.05, 4.69) is 11.1 Å². The first-order valence-corrected chi connectivity index (χ1v) is 5.66. The van der Waals surface area contributed by atoms with Crippen LogP contribution in [0, 0.1) is 25.2 Å². The Morgan fingerprint density at radius 2 is 2.00 bits per heavy atom. The molecule has 96 valence electrons. The third kappa shape index (κ3) is 2.98. The smallest absolute Gasteiger partial charge is 0.241 e. The van der Waals surface area contributed by atoms with Gasteiger partial charge < -0.3 is 9.80 Å². The highest BCUT2D eigenvalue weighted by atomic mass is 16.2. The van der Waals surface area contributed by atoms with Gasteiger partial charge in [0.15, 0.2) is 0 Å². The van der Waals surface area contributed by atoms with Crippen molar-refractivity contribution in [3.63, 3.8) is 0 Å². The Morgan fingerprint density at radius 3 is 2.50 bits per heavy atom. The van der Waals surface area contributed by atoms with E-state index in [4.69, 9.17) is 0 Å². The van der Waals surface area contributed by atoms with Crippen LogP contribution < -0.4 is 4.90 Å². The van der Waals surface area contributed by atoms with Crippen molar-refractivity contribution in [2.45, 2.75) is 13.8 Å². The summed E-state index contributed by atoms with van der Waals surface area (Å²) in [5.41, 5.74) is 2.24. The molecule has 1 amide bonds. The summed E-state index contributed by atoms with van der Waals surface area (Å²) in [6.45, 7) is 3.95. The second-order valence-electron chi connectivity index (χ2n) is 4.54. The Balaban J connectivity index is 3.09. The molecule has 5 nitrogen and oxygen atoms in total. The summed E-state index contributed by atoms with van der Waals surface area (Å²) in [7, 11) is 5.18. The summed E-state index contributed by atoms with van der Waals surface area (Å²) < 4.78 is 0. The fraction of sp³-hybridized carbons (Fsp3) is 0.462. The lowest BCUT2D eigenvalue weighted by Gasteiger charge is -2.22. The molecule has 1 heterocycles. The second kappa shape index (κ2) is 5.50. The lowest BCUT2D eigenvalue weighted by atomic mass is 10.1. The molecule has 0 aliphatic rings. The summed E-state index contributed by atoms with van der Waals surface area (Å²) in [5.74, 6) is 0.535. The summed E-state index contributed by atoms with van der Waals surface area (Å²) >= 11 is 0. The minimum Gasteiger partial charge on any atom is -0.349 e. The molecule has 18 heavy (non-hydrogen) atoms. The monoisotopic (exact) mass is 246 g/mol. The number of anilines is 1. The van der Waals surface area contributed by atoms with Gasteiger partial charge in [-0.1, -0.05) is 0 Å². The molecule has 0 fully saturated rings. The molecule has 0 aromatic carbocycles. The molecule has 0 saturated heterocycles. The normalized spacial score (nSPS) is 9.78. The van der Waals surface area contributed by atoms with Crippen LogP contribution in [0.15, 0.2) is 6.07 Å². The number of hydrogen-bond acceptors (Lipinski definition) is 4. The molecule has 0 aliphatic carbocycles. The summed E-state index contributed by atoms with van der Waals surface area (Å²) in [6.07, 6.45) is 0. The number of aryl methyl sites for hydroxylation is 2. The molecule has 1 aromatic rings. The van der Waals surface area contributed by atoms with Crippen LogP contribution in [0.2, 0.25) is 0 Å². The van der Waals surface area contributed by atoms with Crippen LogP contribution in [0.25, 0.3) is 0 Å². The first-order chi connectivity index (χ1) is 8.36. The first kappa shape index (κ1) is 14.0. The minimum atomic E-state index is -0.0256. The number of likely N-dealkylation sites (N-methyl/N-ethyl adjacent to an activating group) is 2. The molecule has 1 aromatic heterocycles. The Kier molecular flexibility index (Phi) is 4.27. The van der Waals surface area contributed by atoms with Gasteiger partial charge in [0, 0.05) is 26.8 Å². The number of nitrogens with zero attached hydrogens (tertiary/aromatic N) is 4. The molecule has 0 aliphatic heterocycles. The topological polar surface area (TPSA) is 60.2 Å². The SMILES string of the molecule is Cc1cc(C)c(C#N)c(N(C)CC(=O)N(C)C)n1. The van der Waals surface area contributed by atoms with E-state index >= 15 is 0 Å². The van der Waals surface area contributed by atoms with Gasteiger partial charge in [-0.15, -0.1) is 0 Å². The lowest BCUT2D eigenvalue weighted by molar-refractivity contribution is -0.127. The Bertz CT molecular complexity index is 502. The summed E-state index contributed by atoms with van der Waals surface area (Å²) in [5, 5.41) is 9.17. The average molecular weight is 246 g/mol. The number of aromatic nitrogens is 1. The maximum atomic E-state index is 11.7. The van der Waals surface area contributed by atoms with Gasteiger partial charge in [-0.3, -0.25) is 4.79 Å². The number of rotatable bonds is 3. The van der Waals surface area contributed by atoms with E-state index in [-0.39, 0.29) is 12.5 Å². The van der Waals surface area contributed by atoms with Gasteiger partial charge in [0.2, 0.25) is 5.91 Å². The Morgan fingerprint density at radius 1 is 1.39 bits per heavy atom. The minimum absolute atomic E-state index is 0.0256. The van der Waals surface area contributed by atoms with E-state index in [9.17, 15) is 10.1 Å². The number of nitriles is 1. The molecule has 0 saturated carbocycles. The van der Waals surface area contributed by atoms with Gasteiger partial charge in [0.05, 0.1) is 12.1 Å².